The predicted molar refractivity (Wildman–Crippen MR) is 359 cm³/mol. The fraction of sp³-hybridized carbons (Fsp3) is 0.789. The second-order valence-electron chi connectivity index (χ2n) is 24.3. The molecule has 8 heteroatoms. The zero-order valence-electron chi connectivity index (χ0n) is 55.6. The quantitative estimate of drug-likeness (QED) is 0.0257. The Bertz CT molecular complexity index is 1640. The first kappa shape index (κ1) is 80.3. The Morgan fingerprint density at radius 1 is 0.250 bits per heavy atom. The molecular weight excluding hydrogens is 1040 g/mol. The summed E-state index contributed by atoms with van der Waals surface area (Å²) < 4.78 is 23.8. The smallest absolute Gasteiger partial charge is 0.306 e. The van der Waals surface area contributed by atoms with E-state index in [4.69, 9.17) is 18.9 Å². The van der Waals surface area contributed by atoms with Gasteiger partial charge in [-0.15, -0.1) is 0 Å². The van der Waals surface area contributed by atoms with Crippen LogP contribution < -0.4 is 0 Å². The SMILES string of the molecule is CC/C=C/C/C=C/C/C=C/CCCCCCCC(=O)OCC(COC(=O)CCCCCCC/C=C/CCCCCCCC)(COC(=O)CCCCCCCCCCCCCCCCC)OC(=O)CCCCCCC/C=C/C/C=C/CCCCC. The molecule has 0 aromatic rings. The van der Waals surface area contributed by atoms with Gasteiger partial charge in [-0.05, 0) is 116 Å². The van der Waals surface area contributed by atoms with Gasteiger partial charge in [0.1, 0.15) is 19.8 Å². The van der Waals surface area contributed by atoms with Gasteiger partial charge in [0, 0.05) is 25.7 Å². The van der Waals surface area contributed by atoms with Crippen molar-refractivity contribution in [2.24, 2.45) is 0 Å². The molecule has 0 N–H and O–H groups in total. The lowest BCUT2D eigenvalue weighted by molar-refractivity contribution is -0.196. The molecule has 486 valence electrons. The van der Waals surface area contributed by atoms with Crippen LogP contribution >= 0.6 is 0 Å². The third kappa shape index (κ3) is 61.4. The third-order valence-electron chi connectivity index (χ3n) is 15.8. The summed E-state index contributed by atoms with van der Waals surface area (Å²) in [5, 5.41) is 0. The molecular formula is C76H134O8. The molecule has 0 aliphatic rings. The normalized spacial score (nSPS) is 12.8. The van der Waals surface area contributed by atoms with Gasteiger partial charge in [0.25, 0.3) is 0 Å². The number of carbonyl (C=O) groups is 4. The second kappa shape index (κ2) is 66.8. The molecule has 0 saturated heterocycles. The first-order valence-corrected chi connectivity index (χ1v) is 35.9. The van der Waals surface area contributed by atoms with Crippen LogP contribution in [0.2, 0.25) is 0 Å². The molecule has 8 nitrogen and oxygen atoms in total. The zero-order chi connectivity index (χ0) is 61.0. The number of rotatable bonds is 65. The van der Waals surface area contributed by atoms with E-state index in [1.54, 1.807) is 0 Å². The van der Waals surface area contributed by atoms with Crippen molar-refractivity contribution in [3.8, 4) is 0 Å². The fourth-order valence-corrected chi connectivity index (χ4v) is 10.3. The van der Waals surface area contributed by atoms with Crippen molar-refractivity contribution < 1.29 is 38.1 Å². The molecule has 0 aromatic carbocycles. The monoisotopic (exact) mass is 1180 g/mol. The Morgan fingerprint density at radius 3 is 0.762 bits per heavy atom. The van der Waals surface area contributed by atoms with Crippen molar-refractivity contribution in [2.75, 3.05) is 19.8 Å². The van der Waals surface area contributed by atoms with Crippen LogP contribution in [0.5, 0.6) is 0 Å². The Hall–Kier alpha value is -3.68. The second-order valence-corrected chi connectivity index (χ2v) is 24.3. The van der Waals surface area contributed by atoms with Gasteiger partial charge in [0.2, 0.25) is 5.60 Å². The van der Waals surface area contributed by atoms with E-state index in [9.17, 15) is 19.2 Å². The molecule has 0 bridgehead atoms. The highest BCUT2D eigenvalue weighted by atomic mass is 16.6. The van der Waals surface area contributed by atoms with Gasteiger partial charge in [0.15, 0.2) is 0 Å². The minimum absolute atomic E-state index is 0.167. The number of hydrogen-bond donors (Lipinski definition) is 0. The molecule has 84 heavy (non-hydrogen) atoms. The molecule has 0 aliphatic heterocycles. The van der Waals surface area contributed by atoms with Gasteiger partial charge in [-0.1, -0.05) is 293 Å². The van der Waals surface area contributed by atoms with E-state index in [1.165, 1.54) is 148 Å². The largest absolute Gasteiger partial charge is 0.461 e. The van der Waals surface area contributed by atoms with Gasteiger partial charge >= 0.3 is 23.9 Å². The molecule has 0 rings (SSSR count). The fourth-order valence-electron chi connectivity index (χ4n) is 10.3. The number of carbonyl (C=O) groups excluding carboxylic acids is 4. The van der Waals surface area contributed by atoms with Crippen LogP contribution in [0.25, 0.3) is 0 Å². The van der Waals surface area contributed by atoms with Crippen LogP contribution in [-0.2, 0) is 38.1 Å². The van der Waals surface area contributed by atoms with Crippen molar-refractivity contribution in [1.29, 1.82) is 0 Å². The first-order valence-electron chi connectivity index (χ1n) is 35.9. The highest BCUT2D eigenvalue weighted by Gasteiger charge is 2.40. The van der Waals surface area contributed by atoms with Gasteiger partial charge in [-0.2, -0.15) is 0 Å². The summed E-state index contributed by atoms with van der Waals surface area (Å²) in [6.07, 6.45) is 82.3. The summed E-state index contributed by atoms with van der Waals surface area (Å²) in [5.41, 5.74) is -1.65. The predicted octanol–water partition coefficient (Wildman–Crippen LogP) is 23.6. The van der Waals surface area contributed by atoms with Crippen LogP contribution in [0.15, 0.2) is 72.9 Å². The molecule has 0 radical (unpaired) electrons. The lowest BCUT2D eigenvalue weighted by Crippen LogP contribution is -2.50. The van der Waals surface area contributed by atoms with Gasteiger partial charge in [-0.25, -0.2) is 0 Å². The van der Waals surface area contributed by atoms with Crippen molar-refractivity contribution in [3.05, 3.63) is 72.9 Å². The van der Waals surface area contributed by atoms with E-state index in [0.717, 1.165) is 135 Å². The Kier molecular flexibility index (Phi) is 63.9. The van der Waals surface area contributed by atoms with Gasteiger partial charge in [-0.3, -0.25) is 19.2 Å². The summed E-state index contributed by atoms with van der Waals surface area (Å²) in [6.45, 7) is 7.85. The van der Waals surface area contributed by atoms with E-state index >= 15 is 0 Å². The van der Waals surface area contributed by atoms with E-state index in [1.807, 2.05) is 0 Å². The average Bonchev–Trinajstić information content (AvgIpc) is 3.69. The van der Waals surface area contributed by atoms with E-state index in [0.29, 0.717) is 25.7 Å². The minimum atomic E-state index is -1.65. The van der Waals surface area contributed by atoms with Crippen molar-refractivity contribution in [2.45, 2.75) is 367 Å². The molecule has 0 spiro atoms. The van der Waals surface area contributed by atoms with E-state index in [2.05, 4.69) is 101 Å². The summed E-state index contributed by atoms with van der Waals surface area (Å²) in [7, 11) is 0. The summed E-state index contributed by atoms with van der Waals surface area (Å²) >= 11 is 0. The number of unbranched alkanes of at least 4 members (excludes halogenated alkanes) is 38. The lowest BCUT2D eigenvalue weighted by Gasteiger charge is -2.32. The number of allylic oxidation sites excluding steroid dienone is 12. The molecule has 0 aromatic heterocycles. The number of ether oxygens (including phenoxy) is 4. The summed E-state index contributed by atoms with van der Waals surface area (Å²) in [5.74, 6) is -1.68. The van der Waals surface area contributed by atoms with E-state index in [-0.39, 0.29) is 45.5 Å². The standard InChI is InChI=1S/C76H134O8/c1-5-9-13-17-21-25-29-33-37-41-45-49-53-57-61-65-72(77)81-69-76(84-75(80)68-64-60-56-52-48-44-40-36-32-28-24-20-16-12-8-4,70-82-73(78)66-62-58-54-50-46-42-38-34-30-26-22-18-14-10-6-2)71-83-74(79)67-63-59-55-51-47-43-39-35-31-27-23-19-15-11-7-3/h9,13,21,24-25,28,33-34,36-38,40H,5-8,10-12,14-20,22-23,26-27,29-32,35,39,41-71H2,1-4H3/b13-9+,25-21+,28-24+,37-33+,38-34+,40-36+. The number of esters is 4. The molecule has 0 amide bonds. The Labute approximate surface area is 519 Å². The van der Waals surface area contributed by atoms with Gasteiger partial charge < -0.3 is 18.9 Å². The zero-order valence-corrected chi connectivity index (χ0v) is 55.6. The van der Waals surface area contributed by atoms with Crippen LogP contribution in [0.3, 0.4) is 0 Å². The van der Waals surface area contributed by atoms with Crippen molar-refractivity contribution in [3.63, 3.8) is 0 Å². The maximum atomic E-state index is 13.7. The summed E-state index contributed by atoms with van der Waals surface area (Å²) in [4.78, 5) is 53.8. The van der Waals surface area contributed by atoms with Crippen LogP contribution in [-0.4, -0.2) is 49.3 Å². The van der Waals surface area contributed by atoms with Crippen LogP contribution in [0.1, 0.15) is 362 Å². The maximum Gasteiger partial charge on any atom is 0.306 e. The molecule has 1 atom stereocenters. The molecule has 1 unspecified atom stereocenters. The van der Waals surface area contributed by atoms with Crippen LogP contribution in [0, 0.1) is 0 Å². The van der Waals surface area contributed by atoms with Crippen molar-refractivity contribution in [1.82, 2.24) is 0 Å². The highest BCUT2D eigenvalue weighted by molar-refractivity contribution is 5.72. The van der Waals surface area contributed by atoms with Crippen LogP contribution in [0.4, 0.5) is 0 Å². The first-order chi connectivity index (χ1) is 41.3. The molecule has 0 saturated carbocycles. The Morgan fingerprint density at radius 2 is 0.464 bits per heavy atom. The summed E-state index contributed by atoms with van der Waals surface area (Å²) in [6, 6.07) is 0. The van der Waals surface area contributed by atoms with E-state index < -0.39 is 29.5 Å². The number of hydrogen-bond acceptors (Lipinski definition) is 8. The highest BCUT2D eigenvalue weighted by Crippen LogP contribution is 2.22. The average molecular weight is 1180 g/mol. The topological polar surface area (TPSA) is 105 Å². The Balaban J connectivity index is 5.54. The third-order valence-corrected chi connectivity index (χ3v) is 15.8. The lowest BCUT2D eigenvalue weighted by atomic mass is 10.0. The van der Waals surface area contributed by atoms with Crippen molar-refractivity contribution >= 4 is 23.9 Å². The molecule has 0 heterocycles. The minimum Gasteiger partial charge on any atom is -0.461 e. The molecule has 0 aliphatic carbocycles. The maximum absolute atomic E-state index is 13.7. The van der Waals surface area contributed by atoms with Gasteiger partial charge in [0.05, 0.1) is 0 Å². The molecule has 0 fully saturated rings.